The van der Waals surface area contributed by atoms with Crippen LogP contribution >= 0.6 is 0 Å². The van der Waals surface area contributed by atoms with Gasteiger partial charge < -0.3 is 20.9 Å². The number of benzene rings is 1. The van der Waals surface area contributed by atoms with E-state index < -0.39 is 11.8 Å². The fraction of sp³-hybridized carbons (Fsp3) is 0.350. The SMILES string of the molecule is NCC1CCCC1NC(=O)C(=O)Nc1ccc(=O)n(Cc2ccccc2)c1. The Morgan fingerprint density at radius 1 is 1.07 bits per heavy atom. The number of pyridine rings is 1. The molecule has 0 aliphatic heterocycles. The van der Waals surface area contributed by atoms with Crippen LogP contribution in [0.5, 0.6) is 0 Å². The number of nitrogens with two attached hydrogens (primary N) is 1. The minimum absolute atomic E-state index is 0.0553. The number of nitrogens with zero attached hydrogens (tertiary/aromatic N) is 1. The molecule has 1 aromatic heterocycles. The van der Waals surface area contributed by atoms with E-state index in [1.807, 2.05) is 30.3 Å². The Kier molecular flexibility index (Phi) is 6.03. The van der Waals surface area contributed by atoms with E-state index in [1.54, 1.807) is 6.20 Å². The number of amides is 2. The Bertz CT molecular complexity index is 863. The van der Waals surface area contributed by atoms with Gasteiger partial charge in [-0.05, 0) is 36.9 Å². The van der Waals surface area contributed by atoms with Gasteiger partial charge in [0.05, 0.1) is 12.2 Å². The van der Waals surface area contributed by atoms with Crippen LogP contribution in [0.4, 0.5) is 5.69 Å². The van der Waals surface area contributed by atoms with Gasteiger partial charge in [-0.25, -0.2) is 0 Å². The molecule has 4 N–H and O–H groups in total. The molecular weight excluding hydrogens is 344 g/mol. The summed E-state index contributed by atoms with van der Waals surface area (Å²) >= 11 is 0. The summed E-state index contributed by atoms with van der Waals surface area (Å²) in [6, 6.07) is 12.3. The quantitative estimate of drug-likeness (QED) is 0.687. The fourth-order valence-electron chi connectivity index (χ4n) is 3.44. The van der Waals surface area contributed by atoms with Crippen LogP contribution in [0.2, 0.25) is 0 Å². The molecule has 1 aromatic carbocycles. The summed E-state index contributed by atoms with van der Waals surface area (Å²) in [5, 5.41) is 5.33. The highest BCUT2D eigenvalue weighted by atomic mass is 16.2. The predicted octanol–water partition coefficient (Wildman–Crippen LogP) is 1.08. The van der Waals surface area contributed by atoms with Gasteiger partial charge in [0.25, 0.3) is 5.56 Å². The number of hydrogen-bond acceptors (Lipinski definition) is 4. The lowest BCUT2D eigenvalue weighted by Crippen LogP contribution is -2.44. The molecule has 1 heterocycles. The van der Waals surface area contributed by atoms with Crippen molar-refractivity contribution in [2.45, 2.75) is 31.8 Å². The Morgan fingerprint density at radius 2 is 1.85 bits per heavy atom. The largest absolute Gasteiger partial charge is 0.345 e. The monoisotopic (exact) mass is 368 g/mol. The highest BCUT2D eigenvalue weighted by molar-refractivity contribution is 6.39. The number of carbonyl (C=O) groups is 2. The lowest BCUT2D eigenvalue weighted by molar-refractivity contribution is -0.136. The van der Waals surface area contributed by atoms with Crippen molar-refractivity contribution in [3.8, 4) is 0 Å². The van der Waals surface area contributed by atoms with Crippen molar-refractivity contribution >= 4 is 17.5 Å². The van der Waals surface area contributed by atoms with Crippen molar-refractivity contribution in [1.29, 1.82) is 0 Å². The standard InChI is InChI=1S/C20H24N4O3/c21-11-15-7-4-8-17(15)23-20(27)19(26)22-16-9-10-18(25)24(13-16)12-14-5-2-1-3-6-14/h1-3,5-6,9-10,13,15,17H,4,7-8,11-12,21H2,(H,22,26)(H,23,27). The second-order valence-electron chi connectivity index (χ2n) is 6.83. The van der Waals surface area contributed by atoms with Crippen LogP contribution in [0, 0.1) is 5.92 Å². The van der Waals surface area contributed by atoms with Crippen LogP contribution in [0.25, 0.3) is 0 Å². The normalized spacial score (nSPS) is 18.9. The first-order valence-corrected chi connectivity index (χ1v) is 9.13. The summed E-state index contributed by atoms with van der Waals surface area (Å²) in [4.78, 5) is 36.4. The molecule has 2 atom stereocenters. The molecule has 0 spiro atoms. The van der Waals surface area contributed by atoms with E-state index in [1.165, 1.54) is 16.7 Å². The lowest BCUT2D eigenvalue weighted by atomic mass is 10.0. The van der Waals surface area contributed by atoms with E-state index in [-0.39, 0.29) is 17.5 Å². The minimum atomic E-state index is -0.748. The smallest absolute Gasteiger partial charge is 0.313 e. The molecule has 3 rings (SSSR count). The van der Waals surface area contributed by atoms with Gasteiger partial charge in [-0.15, -0.1) is 0 Å². The number of aromatic nitrogens is 1. The van der Waals surface area contributed by atoms with Crippen LogP contribution in [0.1, 0.15) is 24.8 Å². The molecule has 2 aromatic rings. The summed E-state index contributed by atoms with van der Waals surface area (Å²) in [6.45, 7) is 0.882. The molecule has 1 saturated carbocycles. The average Bonchev–Trinajstić information content (AvgIpc) is 3.12. The third-order valence-electron chi connectivity index (χ3n) is 4.92. The molecular formula is C20H24N4O3. The average molecular weight is 368 g/mol. The van der Waals surface area contributed by atoms with Crippen molar-refractivity contribution in [3.05, 3.63) is 64.6 Å². The van der Waals surface area contributed by atoms with Crippen LogP contribution < -0.4 is 21.9 Å². The van der Waals surface area contributed by atoms with E-state index in [2.05, 4.69) is 10.6 Å². The maximum absolute atomic E-state index is 12.2. The second kappa shape index (κ2) is 8.64. The Morgan fingerprint density at radius 3 is 2.59 bits per heavy atom. The molecule has 1 aliphatic carbocycles. The van der Waals surface area contributed by atoms with Crippen molar-refractivity contribution < 1.29 is 9.59 Å². The van der Waals surface area contributed by atoms with Crippen LogP contribution in [0.3, 0.4) is 0 Å². The van der Waals surface area contributed by atoms with Crippen LogP contribution in [0.15, 0.2) is 53.5 Å². The highest BCUT2D eigenvalue weighted by Crippen LogP contribution is 2.24. The summed E-state index contributed by atoms with van der Waals surface area (Å²) in [5.74, 6) is -1.21. The van der Waals surface area contributed by atoms with E-state index in [4.69, 9.17) is 5.73 Å². The number of carbonyl (C=O) groups excluding carboxylic acids is 2. The first kappa shape index (κ1) is 18.8. The molecule has 0 bridgehead atoms. The molecule has 0 saturated heterocycles. The maximum Gasteiger partial charge on any atom is 0.313 e. The summed E-state index contributed by atoms with van der Waals surface area (Å²) < 4.78 is 1.49. The third kappa shape index (κ3) is 4.83. The van der Waals surface area contributed by atoms with Crippen molar-refractivity contribution in [2.24, 2.45) is 11.7 Å². The van der Waals surface area contributed by atoms with Crippen molar-refractivity contribution in [2.75, 3.05) is 11.9 Å². The zero-order valence-electron chi connectivity index (χ0n) is 15.1. The summed E-state index contributed by atoms with van der Waals surface area (Å²) in [5.41, 5.74) is 6.89. The Balaban J connectivity index is 1.64. The van der Waals surface area contributed by atoms with Gasteiger partial charge in [-0.3, -0.25) is 14.4 Å². The van der Waals surface area contributed by atoms with Gasteiger partial charge in [0.1, 0.15) is 0 Å². The molecule has 7 nitrogen and oxygen atoms in total. The van der Waals surface area contributed by atoms with Crippen LogP contribution in [-0.4, -0.2) is 29.0 Å². The number of anilines is 1. The molecule has 142 valence electrons. The lowest BCUT2D eigenvalue weighted by Gasteiger charge is -2.19. The first-order chi connectivity index (χ1) is 13.1. The topological polar surface area (TPSA) is 106 Å². The van der Waals surface area contributed by atoms with Gasteiger partial charge in [0, 0.05) is 18.3 Å². The number of rotatable bonds is 5. The minimum Gasteiger partial charge on any atom is -0.345 e. The molecule has 2 unspecified atom stereocenters. The highest BCUT2D eigenvalue weighted by Gasteiger charge is 2.29. The molecule has 27 heavy (non-hydrogen) atoms. The van der Waals surface area contributed by atoms with Gasteiger partial charge in [0.2, 0.25) is 0 Å². The summed E-state index contributed by atoms with van der Waals surface area (Å²) in [7, 11) is 0. The summed E-state index contributed by atoms with van der Waals surface area (Å²) in [6.07, 6.45) is 4.34. The second-order valence-corrected chi connectivity index (χ2v) is 6.83. The molecule has 2 amide bonds. The van der Waals surface area contributed by atoms with Gasteiger partial charge in [-0.1, -0.05) is 36.8 Å². The van der Waals surface area contributed by atoms with Crippen molar-refractivity contribution in [1.82, 2.24) is 9.88 Å². The van der Waals surface area contributed by atoms with E-state index in [0.717, 1.165) is 24.8 Å². The Labute approximate surface area is 157 Å². The van der Waals surface area contributed by atoms with Crippen LogP contribution in [-0.2, 0) is 16.1 Å². The fourth-order valence-corrected chi connectivity index (χ4v) is 3.44. The zero-order chi connectivity index (χ0) is 19.2. The van der Waals surface area contributed by atoms with E-state index in [0.29, 0.717) is 18.8 Å². The van der Waals surface area contributed by atoms with E-state index >= 15 is 0 Å². The van der Waals surface area contributed by atoms with Crippen molar-refractivity contribution in [3.63, 3.8) is 0 Å². The Hall–Kier alpha value is -2.93. The number of hydrogen-bond donors (Lipinski definition) is 3. The van der Waals surface area contributed by atoms with Gasteiger partial charge in [-0.2, -0.15) is 0 Å². The molecule has 1 aliphatic rings. The number of nitrogens with one attached hydrogen (secondary N) is 2. The third-order valence-corrected chi connectivity index (χ3v) is 4.92. The maximum atomic E-state index is 12.2. The molecule has 0 radical (unpaired) electrons. The van der Waals surface area contributed by atoms with Gasteiger partial charge in [0.15, 0.2) is 0 Å². The van der Waals surface area contributed by atoms with Gasteiger partial charge >= 0.3 is 11.8 Å². The first-order valence-electron chi connectivity index (χ1n) is 9.13. The molecule has 7 heteroatoms. The van der Waals surface area contributed by atoms with E-state index in [9.17, 15) is 14.4 Å². The zero-order valence-corrected chi connectivity index (χ0v) is 15.1. The molecule has 1 fully saturated rings. The predicted molar refractivity (Wildman–Crippen MR) is 103 cm³/mol.